The smallest absolute Gasteiger partial charge is 0.0159 e. The lowest BCUT2D eigenvalue weighted by atomic mass is 9.84. The molecule has 23 heavy (non-hydrogen) atoms. The lowest BCUT2D eigenvalue weighted by Gasteiger charge is -2.20. The van der Waals surface area contributed by atoms with E-state index < -0.39 is 0 Å². The van der Waals surface area contributed by atoms with Gasteiger partial charge in [-0.15, -0.1) is 0 Å². The minimum Gasteiger partial charge on any atom is -0.0871 e. The van der Waals surface area contributed by atoms with Crippen molar-refractivity contribution < 1.29 is 0 Å². The van der Waals surface area contributed by atoms with E-state index in [0.29, 0.717) is 0 Å². The highest BCUT2D eigenvalue weighted by atomic mass is 14.2. The molecule has 0 nitrogen and oxygen atoms in total. The number of benzene rings is 1. The van der Waals surface area contributed by atoms with E-state index in [1.165, 1.54) is 68.9 Å². The molecule has 0 fully saturated rings. The third-order valence-corrected chi connectivity index (χ3v) is 5.03. The number of unbranched alkanes of at least 4 members (excludes halogenated alkanes) is 4. The molecular formula is C23H38. The monoisotopic (exact) mass is 314 g/mol. The lowest BCUT2D eigenvalue weighted by Crippen LogP contribution is -2.03. The van der Waals surface area contributed by atoms with E-state index in [-0.39, 0.29) is 0 Å². The summed E-state index contributed by atoms with van der Waals surface area (Å²) in [7, 11) is 0. The SMILES string of the molecule is C/C=C/c1cc(CCCCC)c(C)cc1C(CC)CCCCC. The van der Waals surface area contributed by atoms with Crippen LogP contribution in [0.15, 0.2) is 18.2 Å². The fourth-order valence-corrected chi connectivity index (χ4v) is 3.53. The molecule has 1 aromatic rings. The molecule has 1 aromatic carbocycles. The second-order valence-electron chi connectivity index (χ2n) is 6.97. The first-order valence-electron chi connectivity index (χ1n) is 9.93. The highest BCUT2D eigenvalue weighted by Crippen LogP contribution is 2.32. The molecule has 0 heteroatoms. The van der Waals surface area contributed by atoms with E-state index >= 15 is 0 Å². The Labute approximate surface area is 145 Å². The number of rotatable bonds is 11. The van der Waals surface area contributed by atoms with E-state index in [2.05, 4.69) is 58.9 Å². The highest BCUT2D eigenvalue weighted by molar-refractivity contribution is 5.57. The largest absolute Gasteiger partial charge is 0.0871 e. The summed E-state index contributed by atoms with van der Waals surface area (Å²) in [5.41, 5.74) is 6.10. The molecule has 1 unspecified atom stereocenters. The Balaban J connectivity index is 3.02. The van der Waals surface area contributed by atoms with Crippen LogP contribution in [0, 0.1) is 6.92 Å². The molecule has 130 valence electrons. The van der Waals surface area contributed by atoms with E-state index in [9.17, 15) is 0 Å². The summed E-state index contributed by atoms with van der Waals surface area (Å²) < 4.78 is 0. The molecule has 0 radical (unpaired) electrons. The quantitative estimate of drug-likeness (QED) is 0.365. The molecule has 1 atom stereocenters. The van der Waals surface area contributed by atoms with Crippen molar-refractivity contribution >= 4 is 6.08 Å². The maximum atomic E-state index is 2.50. The molecule has 0 aromatic heterocycles. The topological polar surface area (TPSA) is 0 Å². The van der Waals surface area contributed by atoms with E-state index in [4.69, 9.17) is 0 Å². The molecule has 0 aliphatic carbocycles. The van der Waals surface area contributed by atoms with Crippen molar-refractivity contribution in [1.29, 1.82) is 0 Å². The second-order valence-corrected chi connectivity index (χ2v) is 6.97. The van der Waals surface area contributed by atoms with Crippen LogP contribution in [0.1, 0.15) is 107 Å². The number of hydrogen-bond acceptors (Lipinski definition) is 0. The zero-order chi connectivity index (χ0) is 17.1. The van der Waals surface area contributed by atoms with Gasteiger partial charge >= 0.3 is 0 Å². The molecule has 0 saturated carbocycles. The van der Waals surface area contributed by atoms with Crippen molar-refractivity contribution in [3.05, 3.63) is 40.5 Å². The van der Waals surface area contributed by atoms with Crippen molar-refractivity contribution in [2.75, 3.05) is 0 Å². The molecular weight excluding hydrogens is 276 g/mol. The Kier molecular flexibility index (Phi) is 9.99. The van der Waals surface area contributed by atoms with Crippen molar-refractivity contribution in [2.24, 2.45) is 0 Å². The van der Waals surface area contributed by atoms with Gasteiger partial charge in [-0.25, -0.2) is 0 Å². The van der Waals surface area contributed by atoms with Gasteiger partial charge in [0, 0.05) is 0 Å². The third kappa shape index (κ3) is 6.53. The summed E-state index contributed by atoms with van der Waals surface area (Å²) in [5.74, 6) is 0.719. The fraction of sp³-hybridized carbons (Fsp3) is 0.652. The zero-order valence-electron chi connectivity index (χ0n) is 16.3. The van der Waals surface area contributed by atoms with Gasteiger partial charge in [0.1, 0.15) is 0 Å². The molecule has 1 rings (SSSR count). The van der Waals surface area contributed by atoms with Crippen molar-refractivity contribution in [3.63, 3.8) is 0 Å². The van der Waals surface area contributed by atoms with Crippen LogP contribution in [0.25, 0.3) is 6.08 Å². The number of aryl methyl sites for hydroxylation is 2. The minimum atomic E-state index is 0.719. The van der Waals surface area contributed by atoms with Crippen molar-refractivity contribution in [1.82, 2.24) is 0 Å². The van der Waals surface area contributed by atoms with Gasteiger partial charge < -0.3 is 0 Å². The van der Waals surface area contributed by atoms with E-state index in [0.717, 1.165) is 5.92 Å². The van der Waals surface area contributed by atoms with Crippen molar-refractivity contribution in [3.8, 4) is 0 Å². The maximum Gasteiger partial charge on any atom is -0.0159 e. The summed E-state index contributed by atoms with van der Waals surface area (Å²) >= 11 is 0. The summed E-state index contributed by atoms with van der Waals surface area (Å²) in [6.45, 7) is 11.4. The average molecular weight is 315 g/mol. The Bertz CT molecular complexity index is 467. The van der Waals surface area contributed by atoms with Gasteiger partial charge in [-0.2, -0.15) is 0 Å². The summed E-state index contributed by atoms with van der Waals surface area (Å²) in [6, 6.07) is 4.97. The van der Waals surface area contributed by atoms with E-state index in [1.54, 1.807) is 11.1 Å². The Morgan fingerprint density at radius 3 is 2.26 bits per heavy atom. The summed E-state index contributed by atoms with van der Waals surface area (Å²) in [4.78, 5) is 0. The minimum absolute atomic E-state index is 0.719. The zero-order valence-corrected chi connectivity index (χ0v) is 16.3. The highest BCUT2D eigenvalue weighted by Gasteiger charge is 2.14. The first kappa shape index (κ1) is 20.0. The third-order valence-electron chi connectivity index (χ3n) is 5.03. The van der Waals surface area contributed by atoms with Crippen LogP contribution in [0.3, 0.4) is 0 Å². The summed E-state index contributed by atoms with van der Waals surface area (Å²) in [5, 5.41) is 0. The van der Waals surface area contributed by atoms with Gasteiger partial charge in [0.15, 0.2) is 0 Å². The Hall–Kier alpha value is -1.04. The maximum absolute atomic E-state index is 2.50. The number of allylic oxidation sites excluding steroid dienone is 1. The van der Waals surface area contributed by atoms with Crippen LogP contribution in [0.5, 0.6) is 0 Å². The molecule has 0 N–H and O–H groups in total. The van der Waals surface area contributed by atoms with Gasteiger partial charge in [-0.05, 0) is 67.7 Å². The van der Waals surface area contributed by atoms with Crippen LogP contribution in [-0.2, 0) is 6.42 Å². The van der Waals surface area contributed by atoms with Crippen LogP contribution in [0.4, 0.5) is 0 Å². The average Bonchev–Trinajstić information content (AvgIpc) is 2.55. The van der Waals surface area contributed by atoms with Crippen LogP contribution in [-0.4, -0.2) is 0 Å². The van der Waals surface area contributed by atoms with Gasteiger partial charge in [-0.3, -0.25) is 0 Å². The molecule has 0 bridgehead atoms. The molecule has 0 saturated heterocycles. The van der Waals surface area contributed by atoms with Gasteiger partial charge in [0.25, 0.3) is 0 Å². The van der Waals surface area contributed by atoms with Gasteiger partial charge in [-0.1, -0.05) is 77.2 Å². The molecule has 0 aliphatic heterocycles. The predicted molar refractivity (Wildman–Crippen MR) is 106 cm³/mol. The normalized spacial score (nSPS) is 12.9. The first-order chi connectivity index (χ1) is 11.2. The Morgan fingerprint density at radius 1 is 0.957 bits per heavy atom. The van der Waals surface area contributed by atoms with Crippen LogP contribution >= 0.6 is 0 Å². The Morgan fingerprint density at radius 2 is 1.65 bits per heavy atom. The molecule has 0 aliphatic rings. The molecule has 0 amide bonds. The van der Waals surface area contributed by atoms with Gasteiger partial charge in [0.2, 0.25) is 0 Å². The van der Waals surface area contributed by atoms with Crippen LogP contribution < -0.4 is 0 Å². The standard InChI is InChI=1S/C23H38/c1-6-10-12-15-20(9-4)23-17-19(5)21(16-13-11-7-2)18-22(23)14-8-3/h8,14,17-18,20H,6-7,9-13,15-16H2,1-5H3/b14-8+. The number of hydrogen-bond donors (Lipinski definition) is 0. The lowest BCUT2D eigenvalue weighted by molar-refractivity contribution is 0.552. The fourth-order valence-electron chi connectivity index (χ4n) is 3.53. The van der Waals surface area contributed by atoms with Crippen molar-refractivity contribution in [2.45, 2.75) is 98.3 Å². The molecule has 0 spiro atoms. The second kappa shape index (κ2) is 11.5. The van der Waals surface area contributed by atoms with Gasteiger partial charge in [0.05, 0.1) is 0 Å². The van der Waals surface area contributed by atoms with E-state index in [1.807, 2.05) is 0 Å². The predicted octanol–water partition coefficient (Wildman–Crippen LogP) is 7.83. The summed E-state index contributed by atoms with van der Waals surface area (Å²) in [6.07, 6.45) is 16.3. The first-order valence-corrected chi connectivity index (χ1v) is 9.93. The molecule has 0 heterocycles. The van der Waals surface area contributed by atoms with Crippen LogP contribution in [0.2, 0.25) is 0 Å².